The summed E-state index contributed by atoms with van der Waals surface area (Å²) in [6.45, 7) is 11.5. The minimum Gasteiger partial charge on any atom is -0.394 e. The van der Waals surface area contributed by atoms with E-state index in [1.165, 1.54) is 38.8 Å². The number of hydrogen-bond acceptors (Lipinski definition) is 3. The van der Waals surface area contributed by atoms with Gasteiger partial charge in [0.1, 0.15) is 0 Å². The zero-order chi connectivity index (χ0) is 14.1. The molecule has 1 saturated heterocycles. The first-order valence-corrected chi connectivity index (χ1v) is 8.21. The highest BCUT2D eigenvalue weighted by Gasteiger charge is 2.25. The van der Waals surface area contributed by atoms with E-state index >= 15 is 0 Å². The van der Waals surface area contributed by atoms with E-state index in [9.17, 15) is 5.11 Å². The van der Waals surface area contributed by atoms with Gasteiger partial charge in [0.15, 0.2) is 0 Å². The number of piperidine rings is 1. The molecule has 0 spiro atoms. The van der Waals surface area contributed by atoms with Gasteiger partial charge in [0.25, 0.3) is 0 Å². The van der Waals surface area contributed by atoms with E-state index in [1.54, 1.807) is 0 Å². The summed E-state index contributed by atoms with van der Waals surface area (Å²) in [7, 11) is 0. The molecule has 3 heteroatoms. The van der Waals surface area contributed by atoms with Crippen LogP contribution in [0.1, 0.15) is 59.3 Å². The molecule has 3 nitrogen and oxygen atoms in total. The van der Waals surface area contributed by atoms with Gasteiger partial charge in [-0.2, -0.15) is 0 Å². The standard InChI is InChI=1S/C16H34N2O/c1-4-6-15-7-11-18(12-8-15)13-9-16(3,14-19)17-10-5-2/h15,17,19H,4-14H2,1-3H3. The van der Waals surface area contributed by atoms with Crippen LogP contribution in [0.25, 0.3) is 0 Å². The van der Waals surface area contributed by atoms with Gasteiger partial charge in [0.05, 0.1) is 6.61 Å². The van der Waals surface area contributed by atoms with Gasteiger partial charge in [0.2, 0.25) is 0 Å². The fourth-order valence-electron chi connectivity index (χ4n) is 2.96. The van der Waals surface area contributed by atoms with Crippen molar-refractivity contribution < 1.29 is 5.11 Å². The van der Waals surface area contributed by atoms with Crippen molar-refractivity contribution in [1.82, 2.24) is 10.2 Å². The summed E-state index contributed by atoms with van der Waals surface area (Å²) < 4.78 is 0. The topological polar surface area (TPSA) is 35.5 Å². The van der Waals surface area contributed by atoms with Crippen LogP contribution in [-0.4, -0.2) is 48.3 Å². The van der Waals surface area contributed by atoms with Crippen molar-refractivity contribution in [2.45, 2.75) is 64.8 Å². The van der Waals surface area contributed by atoms with Crippen LogP contribution in [0.2, 0.25) is 0 Å². The summed E-state index contributed by atoms with van der Waals surface area (Å²) in [5.41, 5.74) is -0.101. The number of aliphatic hydroxyl groups excluding tert-OH is 1. The molecule has 2 N–H and O–H groups in total. The molecule has 1 heterocycles. The quantitative estimate of drug-likeness (QED) is 0.676. The highest BCUT2D eigenvalue weighted by atomic mass is 16.3. The Morgan fingerprint density at radius 2 is 1.89 bits per heavy atom. The van der Waals surface area contributed by atoms with Crippen LogP contribution in [0.3, 0.4) is 0 Å². The van der Waals surface area contributed by atoms with E-state index in [0.717, 1.165) is 31.8 Å². The van der Waals surface area contributed by atoms with Crippen molar-refractivity contribution >= 4 is 0 Å². The highest BCUT2D eigenvalue weighted by molar-refractivity contribution is 4.84. The van der Waals surface area contributed by atoms with E-state index in [-0.39, 0.29) is 12.1 Å². The Morgan fingerprint density at radius 3 is 2.42 bits per heavy atom. The van der Waals surface area contributed by atoms with Gasteiger partial charge < -0.3 is 15.3 Å². The Hall–Kier alpha value is -0.120. The number of nitrogens with one attached hydrogen (secondary N) is 1. The van der Waals surface area contributed by atoms with Crippen LogP contribution >= 0.6 is 0 Å². The minimum atomic E-state index is -0.101. The molecule has 1 aliphatic heterocycles. The van der Waals surface area contributed by atoms with Crippen molar-refractivity contribution in [1.29, 1.82) is 0 Å². The Kier molecular flexibility index (Phi) is 7.96. The van der Waals surface area contributed by atoms with E-state index in [1.807, 2.05) is 0 Å². The highest BCUT2D eigenvalue weighted by Crippen LogP contribution is 2.22. The summed E-state index contributed by atoms with van der Waals surface area (Å²) >= 11 is 0. The van der Waals surface area contributed by atoms with Crippen molar-refractivity contribution in [3.8, 4) is 0 Å². The van der Waals surface area contributed by atoms with Crippen LogP contribution in [0.5, 0.6) is 0 Å². The molecular weight excluding hydrogens is 236 g/mol. The first-order valence-electron chi connectivity index (χ1n) is 8.21. The largest absolute Gasteiger partial charge is 0.394 e. The maximum atomic E-state index is 9.57. The lowest BCUT2D eigenvalue weighted by molar-refractivity contribution is 0.126. The average Bonchev–Trinajstić information content (AvgIpc) is 2.45. The molecule has 1 atom stereocenters. The number of aliphatic hydroxyl groups is 1. The van der Waals surface area contributed by atoms with Crippen LogP contribution in [-0.2, 0) is 0 Å². The van der Waals surface area contributed by atoms with E-state index in [4.69, 9.17) is 0 Å². The van der Waals surface area contributed by atoms with Gasteiger partial charge >= 0.3 is 0 Å². The molecule has 0 aliphatic carbocycles. The predicted molar refractivity (Wildman–Crippen MR) is 82.5 cm³/mol. The third-order valence-electron chi connectivity index (χ3n) is 4.53. The lowest BCUT2D eigenvalue weighted by atomic mass is 9.91. The van der Waals surface area contributed by atoms with Gasteiger partial charge in [-0.15, -0.1) is 0 Å². The van der Waals surface area contributed by atoms with Crippen LogP contribution in [0.15, 0.2) is 0 Å². The number of likely N-dealkylation sites (tertiary alicyclic amines) is 1. The van der Waals surface area contributed by atoms with Gasteiger partial charge in [-0.1, -0.05) is 26.7 Å². The molecule has 1 unspecified atom stereocenters. The first kappa shape index (κ1) is 16.9. The first-order chi connectivity index (χ1) is 9.13. The van der Waals surface area contributed by atoms with Crippen LogP contribution in [0, 0.1) is 5.92 Å². The molecule has 1 fully saturated rings. The lowest BCUT2D eigenvalue weighted by Gasteiger charge is -2.35. The second kappa shape index (κ2) is 8.93. The SMILES string of the molecule is CCCNC(C)(CO)CCN1CCC(CCC)CC1. The Bertz CT molecular complexity index is 227. The van der Waals surface area contributed by atoms with Gasteiger partial charge in [-0.3, -0.25) is 0 Å². The summed E-state index contributed by atoms with van der Waals surface area (Å²) in [5, 5.41) is 13.1. The Labute approximate surface area is 119 Å². The van der Waals surface area contributed by atoms with Crippen molar-refractivity contribution in [3.63, 3.8) is 0 Å². The van der Waals surface area contributed by atoms with Crippen LogP contribution < -0.4 is 5.32 Å². The smallest absolute Gasteiger partial charge is 0.0611 e. The molecule has 0 bridgehead atoms. The summed E-state index contributed by atoms with van der Waals surface area (Å²) in [6, 6.07) is 0. The normalized spacial score (nSPS) is 21.5. The van der Waals surface area contributed by atoms with Crippen molar-refractivity contribution in [3.05, 3.63) is 0 Å². The fraction of sp³-hybridized carbons (Fsp3) is 1.00. The van der Waals surface area contributed by atoms with E-state index in [2.05, 4.69) is 31.0 Å². The zero-order valence-electron chi connectivity index (χ0n) is 13.2. The minimum absolute atomic E-state index is 0.101. The third-order valence-corrected chi connectivity index (χ3v) is 4.53. The molecule has 0 amide bonds. The molecule has 19 heavy (non-hydrogen) atoms. The monoisotopic (exact) mass is 270 g/mol. The van der Waals surface area contributed by atoms with Gasteiger partial charge in [0, 0.05) is 5.54 Å². The molecule has 1 aliphatic rings. The van der Waals surface area contributed by atoms with Crippen molar-refractivity contribution in [2.24, 2.45) is 5.92 Å². The second-order valence-electron chi connectivity index (χ2n) is 6.47. The fourth-order valence-corrected chi connectivity index (χ4v) is 2.96. The molecule has 1 rings (SSSR count). The molecule has 0 aromatic carbocycles. The maximum Gasteiger partial charge on any atom is 0.0611 e. The van der Waals surface area contributed by atoms with Crippen molar-refractivity contribution in [2.75, 3.05) is 32.8 Å². The Morgan fingerprint density at radius 1 is 1.21 bits per heavy atom. The number of nitrogens with zero attached hydrogens (tertiary/aromatic N) is 1. The zero-order valence-corrected chi connectivity index (χ0v) is 13.2. The molecule has 0 radical (unpaired) electrons. The molecule has 114 valence electrons. The predicted octanol–water partition coefficient (Wildman–Crippen LogP) is 2.64. The van der Waals surface area contributed by atoms with Gasteiger partial charge in [-0.05, 0) is 64.7 Å². The average molecular weight is 270 g/mol. The van der Waals surface area contributed by atoms with E-state index in [0.29, 0.717) is 0 Å². The molecule has 0 saturated carbocycles. The van der Waals surface area contributed by atoms with Gasteiger partial charge in [-0.25, -0.2) is 0 Å². The Balaban J connectivity index is 2.24. The summed E-state index contributed by atoms with van der Waals surface area (Å²) in [4.78, 5) is 2.58. The lowest BCUT2D eigenvalue weighted by Crippen LogP contribution is -2.49. The summed E-state index contributed by atoms with van der Waals surface area (Å²) in [6.07, 6.45) is 7.63. The summed E-state index contributed by atoms with van der Waals surface area (Å²) in [5.74, 6) is 0.962. The molecular formula is C16H34N2O. The van der Waals surface area contributed by atoms with E-state index < -0.39 is 0 Å². The third kappa shape index (κ3) is 6.24. The molecule has 0 aromatic rings. The number of hydrogen-bond donors (Lipinski definition) is 2. The molecule has 0 aromatic heterocycles. The number of rotatable bonds is 9. The van der Waals surface area contributed by atoms with Crippen LogP contribution in [0.4, 0.5) is 0 Å². The maximum absolute atomic E-state index is 9.57. The second-order valence-corrected chi connectivity index (χ2v) is 6.47.